The summed E-state index contributed by atoms with van der Waals surface area (Å²) in [5.74, 6) is 0.497. The van der Waals surface area contributed by atoms with Crippen molar-refractivity contribution >= 4 is 5.91 Å². The number of ether oxygens (including phenoxy) is 2. The highest BCUT2D eigenvalue weighted by Crippen LogP contribution is 2.43. The predicted octanol–water partition coefficient (Wildman–Crippen LogP) is 1.47. The van der Waals surface area contributed by atoms with Gasteiger partial charge in [-0.1, -0.05) is 0 Å². The van der Waals surface area contributed by atoms with E-state index in [2.05, 4.69) is 15.2 Å². The Morgan fingerprint density at radius 2 is 2.12 bits per heavy atom. The van der Waals surface area contributed by atoms with Gasteiger partial charge in [0.2, 0.25) is 0 Å². The van der Waals surface area contributed by atoms with Crippen molar-refractivity contribution in [2.75, 3.05) is 39.5 Å². The van der Waals surface area contributed by atoms with Crippen molar-refractivity contribution in [3.05, 3.63) is 30.1 Å². The van der Waals surface area contributed by atoms with Crippen molar-refractivity contribution in [1.29, 1.82) is 0 Å². The van der Waals surface area contributed by atoms with Crippen molar-refractivity contribution < 1.29 is 14.3 Å². The highest BCUT2D eigenvalue weighted by atomic mass is 16.5. The van der Waals surface area contributed by atoms with Crippen LogP contribution in [0, 0.1) is 5.92 Å². The van der Waals surface area contributed by atoms with Crippen LogP contribution in [-0.2, 0) is 9.47 Å². The third-order valence-corrected chi connectivity index (χ3v) is 5.95. The maximum atomic E-state index is 12.1. The Kier molecular flexibility index (Phi) is 5.01. The average Bonchev–Trinajstić information content (AvgIpc) is 3.06. The number of carbonyl (C=O) groups is 1. The third kappa shape index (κ3) is 3.57. The molecule has 136 valence electrons. The maximum Gasteiger partial charge on any atom is 0.252 e. The molecule has 0 saturated carbocycles. The van der Waals surface area contributed by atoms with Crippen molar-refractivity contribution in [3.8, 4) is 0 Å². The molecule has 0 aliphatic carbocycles. The Labute approximate surface area is 148 Å². The van der Waals surface area contributed by atoms with Gasteiger partial charge in [-0.25, -0.2) is 0 Å². The molecule has 3 fully saturated rings. The van der Waals surface area contributed by atoms with Gasteiger partial charge in [0, 0.05) is 57.9 Å². The zero-order chi connectivity index (χ0) is 17.1. The van der Waals surface area contributed by atoms with Crippen LogP contribution in [0.5, 0.6) is 0 Å². The second-order valence-corrected chi connectivity index (χ2v) is 7.43. The van der Waals surface area contributed by atoms with Gasteiger partial charge in [0.05, 0.1) is 11.2 Å². The van der Waals surface area contributed by atoms with E-state index in [-0.39, 0.29) is 11.5 Å². The van der Waals surface area contributed by atoms with Gasteiger partial charge in [0.25, 0.3) is 5.91 Å². The van der Waals surface area contributed by atoms with Crippen LogP contribution in [0.3, 0.4) is 0 Å². The summed E-state index contributed by atoms with van der Waals surface area (Å²) in [6.45, 7) is 5.40. The molecule has 4 rings (SSSR count). The molecule has 1 amide bonds. The van der Waals surface area contributed by atoms with Gasteiger partial charge in [0.1, 0.15) is 0 Å². The third-order valence-electron chi connectivity index (χ3n) is 5.95. The predicted molar refractivity (Wildman–Crippen MR) is 93.4 cm³/mol. The summed E-state index contributed by atoms with van der Waals surface area (Å²) in [6, 6.07) is 4.24. The Morgan fingerprint density at radius 1 is 1.28 bits per heavy atom. The van der Waals surface area contributed by atoms with Gasteiger partial charge in [-0.15, -0.1) is 0 Å². The molecule has 25 heavy (non-hydrogen) atoms. The van der Waals surface area contributed by atoms with Gasteiger partial charge < -0.3 is 14.8 Å². The fourth-order valence-corrected chi connectivity index (χ4v) is 4.45. The van der Waals surface area contributed by atoms with Crippen molar-refractivity contribution in [2.24, 2.45) is 5.92 Å². The Hall–Kier alpha value is -1.50. The number of nitrogens with one attached hydrogen (secondary N) is 1. The molecule has 1 aromatic rings. The Balaban J connectivity index is 1.25. The molecule has 3 aliphatic heterocycles. The molecule has 1 aromatic heterocycles. The first-order chi connectivity index (χ1) is 12.3. The molecule has 0 bridgehead atoms. The van der Waals surface area contributed by atoms with E-state index in [0.717, 1.165) is 58.6 Å². The normalized spacial score (nSPS) is 26.5. The van der Waals surface area contributed by atoms with Crippen LogP contribution in [-0.4, -0.2) is 66.9 Å². The minimum atomic E-state index is -0.0430. The molecule has 1 N–H and O–H groups in total. The summed E-state index contributed by atoms with van der Waals surface area (Å²) >= 11 is 0. The molecule has 3 saturated heterocycles. The number of hydrogen-bond donors (Lipinski definition) is 1. The van der Waals surface area contributed by atoms with Crippen LogP contribution in [0.1, 0.15) is 36.0 Å². The lowest BCUT2D eigenvalue weighted by atomic mass is 9.77. The minimum Gasteiger partial charge on any atom is -0.381 e. The molecule has 0 aromatic carbocycles. The highest BCUT2D eigenvalue weighted by Gasteiger charge is 2.53. The van der Waals surface area contributed by atoms with Gasteiger partial charge in [0.15, 0.2) is 0 Å². The van der Waals surface area contributed by atoms with Gasteiger partial charge in [-0.05, 0) is 43.7 Å². The zero-order valence-corrected chi connectivity index (χ0v) is 14.7. The van der Waals surface area contributed by atoms with Crippen LogP contribution in [0.2, 0.25) is 0 Å². The second-order valence-electron chi connectivity index (χ2n) is 7.43. The molecule has 1 atom stereocenters. The maximum absolute atomic E-state index is 12.1. The van der Waals surface area contributed by atoms with E-state index < -0.39 is 0 Å². The summed E-state index contributed by atoms with van der Waals surface area (Å²) in [5, 5.41) is 3.02. The Morgan fingerprint density at radius 3 is 2.88 bits per heavy atom. The number of nitrogens with zero attached hydrogens (tertiary/aromatic N) is 2. The minimum absolute atomic E-state index is 0.0251. The molecular formula is C19H27N3O3. The van der Waals surface area contributed by atoms with Crippen LogP contribution < -0.4 is 5.32 Å². The quantitative estimate of drug-likeness (QED) is 0.876. The first kappa shape index (κ1) is 16.9. The number of pyridine rings is 1. The van der Waals surface area contributed by atoms with Crippen LogP contribution in [0.25, 0.3) is 0 Å². The summed E-state index contributed by atoms with van der Waals surface area (Å²) in [7, 11) is 0. The van der Waals surface area contributed by atoms with Crippen LogP contribution in [0.15, 0.2) is 24.5 Å². The van der Waals surface area contributed by atoms with Crippen molar-refractivity contribution in [3.63, 3.8) is 0 Å². The molecule has 0 unspecified atom stereocenters. The number of carbonyl (C=O) groups excluding carboxylic acids is 1. The van der Waals surface area contributed by atoms with E-state index in [1.54, 1.807) is 24.5 Å². The standard InChI is InChI=1S/C19H27N3O3/c23-18(15-2-1-7-20-12-15)21-8-3-16-4-11-25-19(16)13-22(14-19)17-5-9-24-10-6-17/h1-2,7,12,16-17H,3-6,8-11,13-14H2,(H,21,23)/t16-/m1/s1. The van der Waals surface area contributed by atoms with E-state index in [1.165, 1.54) is 0 Å². The monoisotopic (exact) mass is 345 g/mol. The molecule has 6 heteroatoms. The lowest BCUT2D eigenvalue weighted by Gasteiger charge is -2.54. The first-order valence-electron chi connectivity index (χ1n) is 9.41. The fourth-order valence-electron chi connectivity index (χ4n) is 4.45. The van der Waals surface area contributed by atoms with E-state index in [1.807, 2.05) is 0 Å². The molecule has 1 spiro atoms. The summed E-state index contributed by atoms with van der Waals surface area (Å²) in [4.78, 5) is 18.7. The number of rotatable bonds is 5. The van der Waals surface area contributed by atoms with Crippen LogP contribution in [0.4, 0.5) is 0 Å². The topological polar surface area (TPSA) is 63.7 Å². The molecule has 3 aliphatic rings. The average molecular weight is 345 g/mol. The van der Waals surface area contributed by atoms with Crippen molar-refractivity contribution in [1.82, 2.24) is 15.2 Å². The lowest BCUT2D eigenvalue weighted by molar-refractivity contribution is -0.156. The van der Waals surface area contributed by atoms with Crippen molar-refractivity contribution in [2.45, 2.75) is 37.3 Å². The lowest BCUT2D eigenvalue weighted by Crippen LogP contribution is -2.67. The Bertz CT molecular complexity index is 583. The molecular weight excluding hydrogens is 318 g/mol. The SMILES string of the molecule is O=C(NCC[C@@H]1CCOC12CN(C1CCOCC1)C2)c1cccnc1. The van der Waals surface area contributed by atoms with E-state index in [4.69, 9.17) is 9.47 Å². The summed E-state index contributed by atoms with van der Waals surface area (Å²) < 4.78 is 11.6. The molecule has 4 heterocycles. The van der Waals surface area contributed by atoms with E-state index in [9.17, 15) is 4.79 Å². The first-order valence-corrected chi connectivity index (χ1v) is 9.41. The van der Waals surface area contributed by atoms with Gasteiger partial charge >= 0.3 is 0 Å². The number of hydrogen-bond acceptors (Lipinski definition) is 5. The molecule has 0 radical (unpaired) electrons. The zero-order valence-electron chi connectivity index (χ0n) is 14.7. The second kappa shape index (κ2) is 7.40. The number of likely N-dealkylation sites (tertiary alicyclic amines) is 1. The van der Waals surface area contributed by atoms with E-state index in [0.29, 0.717) is 24.1 Å². The smallest absolute Gasteiger partial charge is 0.252 e. The fraction of sp³-hybridized carbons (Fsp3) is 0.684. The summed E-state index contributed by atoms with van der Waals surface area (Å²) in [6.07, 6.45) is 7.65. The summed E-state index contributed by atoms with van der Waals surface area (Å²) in [5.41, 5.74) is 0.645. The van der Waals surface area contributed by atoms with Gasteiger partial charge in [-0.2, -0.15) is 0 Å². The van der Waals surface area contributed by atoms with Gasteiger partial charge in [-0.3, -0.25) is 14.7 Å². The van der Waals surface area contributed by atoms with E-state index >= 15 is 0 Å². The largest absolute Gasteiger partial charge is 0.381 e. The number of aromatic nitrogens is 1. The number of amides is 1. The van der Waals surface area contributed by atoms with Crippen LogP contribution >= 0.6 is 0 Å². The highest BCUT2D eigenvalue weighted by molar-refractivity contribution is 5.93. The molecule has 6 nitrogen and oxygen atoms in total.